The molecule has 0 saturated heterocycles. The molecule has 0 aromatic heterocycles. The third-order valence-electron chi connectivity index (χ3n) is 5.76. The first kappa shape index (κ1) is 19.5. The van der Waals surface area contributed by atoms with E-state index in [0.717, 1.165) is 53.5 Å². The van der Waals surface area contributed by atoms with Crippen LogP contribution in [0.15, 0.2) is 77.9 Å². The van der Waals surface area contributed by atoms with Crippen LogP contribution in [0.3, 0.4) is 0 Å². The van der Waals surface area contributed by atoms with Gasteiger partial charge in [-0.1, -0.05) is 25.1 Å². The van der Waals surface area contributed by atoms with Gasteiger partial charge in [0.25, 0.3) is 0 Å². The van der Waals surface area contributed by atoms with E-state index in [0.29, 0.717) is 0 Å². The van der Waals surface area contributed by atoms with Crippen LogP contribution in [0.4, 0.5) is 0 Å². The van der Waals surface area contributed by atoms with Gasteiger partial charge >= 0.3 is 0 Å². The molecule has 0 saturated carbocycles. The Bertz CT molecular complexity index is 1080. The van der Waals surface area contributed by atoms with Crippen molar-refractivity contribution in [1.29, 1.82) is 0 Å². The monoisotopic (exact) mass is 414 g/mol. The van der Waals surface area contributed by atoms with Crippen LogP contribution in [0.2, 0.25) is 0 Å². The van der Waals surface area contributed by atoms with E-state index in [1.807, 2.05) is 36.4 Å². The summed E-state index contributed by atoms with van der Waals surface area (Å²) in [6.45, 7) is 2.82. The van der Waals surface area contributed by atoms with E-state index in [9.17, 15) is 0 Å². The van der Waals surface area contributed by atoms with E-state index in [1.165, 1.54) is 5.56 Å². The summed E-state index contributed by atoms with van der Waals surface area (Å²) < 4.78 is 17.5. The molecule has 2 heterocycles. The Morgan fingerprint density at radius 1 is 0.968 bits per heavy atom. The molecule has 0 fully saturated rings. The Labute approximate surface area is 182 Å². The standard InChI is InChI=1S/C26H26N2O3/c1-3-16-30-21-14-10-19(11-15-21)26-28-24(22-6-4-5-7-25(22)31-26)17-23(27-28)18-8-12-20(29-2)13-9-18/h4-15,24,26H,3,16-17H2,1-2H3. The smallest absolute Gasteiger partial charge is 0.213 e. The lowest BCUT2D eigenvalue weighted by atomic mass is 9.96. The van der Waals surface area contributed by atoms with E-state index < -0.39 is 0 Å². The Morgan fingerprint density at radius 2 is 1.71 bits per heavy atom. The minimum Gasteiger partial charge on any atom is -0.497 e. The quantitative estimate of drug-likeness (QED) is 0.517. The topological polar surface area (TPSA) is 43.3 Å². The molecular formula is C26H26N2O3. The van der Waals surface area contributed by atoms with Crippen LogP contribution in [-0.2, 0) is 0 Å². The number of hydrazone groups is 1. The first-order chi connectivity index (χ1) is 15.3. The zero-order valence-corrected chi connectivity index (χ0v) is 17.8. The van der Waals surface area contributed by atoms with Crippen molar-refractivity contribution in [3.8, 4) is 17.2 Å². The van der Waals surface area contributed by atoms with Crippen molar-refractivity contribution >= 4 is 5.71 Å². The maximum atomic E-state index is 6.43. The fraction of sp³-hybridized carbons (Fsp3) is 0.269. The van der Waals surface area contributed by atoms with E-state index in [2.05, 4.69) is 48.3 Å². The molecule has 3 aromatic carbocycles. The molecule has 5 heteroatoms. The number of hydrogen-bond donors (Lipinski definition) is 0. The molecule has 5 rings (SSSR count). The lowest BCUT2D eigenvalue weighted by Crippen LogP contribution is -2.33. The summed E-state index contributed by atoms with van der Waals surface area (Å²) in [6, 6.07) is 24.7. The number of nitrogens with zero attached hydrogens (tertiary/aromatic N) is 2. The Kier molecular flexibility index (Phi) is 5.24. The Morgan fingerprint density at radius 3 is 2.45 bits per heavy atom. The Hall–Kier alpha value is -3.47. The van der Waals surface area contributed by atoms with Crippen LogP contribution >= 0.6 is 0 Å². The number of hydrogen-bond acceptors (Lipinski definition) is 5. The van der Waals surface area contributed by atoms with E-state index in [4.69, 9.17) is 19.3 Å². The summed E-state index contributed by atoms with van der Waals surface area (Å²) in [5, 5.41) is 7.12. The SMILES string of the molecule is CCCOc1ccc(C2Oc3ccccc3C3CC(c4ccc(OC)cc4)=NN32)cc1. The molecule has 0 aliphatic carbocycles. The summed E-state index contributed by atoms with van der Waals surface area (Å²) in [4.78, 5) is 0. The summed E-state index contributed by atoms with van der Waals surface area (Å²) in [5.74, 6) is 2.64. The van der Waals surface area contributed by atoms with Gasteiger partial charge in [-0.15, -0.1) is 0 Å². The zero-order valence-electron chi connectivity index (χ0n) is 17.8. The normalized spacial score (nSPS) is 19.2. The minimum absolute atomic E-state index is 0.142. The summed E-state index contributed by atoms with van der Waals surface area (Å²) in [5.41, 5.74) is 4.40. The summed E-state index contributed by atoms with van der Waals surface area (Å²) >= 11 is 0. The van der Waals surface area contributed by atoms with Crippen LogP contribution < -0.4 is 14.2 Å². The highest BCUT2D eigenvalue weighted by Crippen LogP contribution is 2.47. The molecule has 31 heavy (non-hydrogen) atoms. The highest BCUT2D eigenvalue weighted by Gasteiger charge is 2.40. The average molecular weight is 415 g/mol. The molecule has 2 atom stereocenters. The van der Waals surface area contributed by atoms with Crippen molar-refractivity contribution in [1.82, 2.24) is 5.01 Å². The third kappa shape index (κ3) is 3.72. The van der Waals surface area contributed by atoms with Gasteiger partial charge in [-0.2, -0.15) is 5.10 Å². The van der Waals surface area contributed by atoms with E-state index in [1.54, 1.807) is 7.11 Å². The van der Waals surface area contributed by atoms with Crippen LogP contribution in [0.25, 0.3) is 0 Å². The number of para-hydroxylation sites is 1. The number of ether oxygens (including phenoxy) is 3. The van der Waals surface area contributed by atoms with Crippen LogP contribution in [0, 0.1) is 0 Å². The average Bonchev–Trinajstić information content (AvgIpc) is 3.28. The molecule has 0 bridgehead atoms. The van der Waals surface area contributed by atoms with Crippen molar-refractivity contribution in [3.05, 3.63) is 89.5 Å². The maximum absolute atomic E-state index is 6.43. The highest BCUT2D eigenvalue weighted by molar-refractivity contribution is 6.02. The first-order valence-corrected chi connectivity index (χ1v) is 10.8. The predicted octanol–water partition coefficient (Wildman–Crippen LogP) is 5.73. The van der Waals surface area contributed by atoms with Crippen molar-refractivity contribution in [3.63, 3.8) is 0 Å². The molecule has 2 aliphatic heterocycles. The van der Waals surface area contributed by atoms with Gasteiger partial charge in [0, 0.05) is 17.5 Å². The fourth-order valence-electron chi connectivity index (χ4n) is 4.16. The van der Waals surface area contributed by atoms with E-state index >= 15 is 0 Å². The first-order valence-electron chi connectivity index (χ1n) is 10.8. The summed E-state index contributed by atoms with van der Waals surface area (Å²) in [7, 11) is 1.68. The lowest BCUT2D eigenvalue weighted by Gasteiger charge is -2.38. The van der Waals surface area contributed by atoms with Crippen molar-refractivity contribution in [2.75, 3.05) is 13.7 Å². The van der Waals surface area contributed by atoms with Crippen molar-refractivity contribution < 1.29 is 14.2 Å². The molecule has 0 amide bonds. The second-order valence-corrected chi connectivity index (χ2v) is 7.80. The van der Waals surface area contributed by atoms with Gasteiger partial charge in [0.2, 0.25) is 6.23 Å². The molecule has 2 aliphatic rings. The second kappa shape index (κ2) is 8.34. The number of methoxy groups -OCH3 is 1. The van der Waals surface area contributed by atoms with Gasteiger partial charge in [0.05, 0.1) is 25.5 Å². The van der Waals surface area contributed by atoms with Crippen molar-refractivity contribution in [2.24, 2.45) is 5.10 Å². The van der Waals surface area contributed by atoms with Gasteiger partial charge < -0.3 is 14.2 Å². The van der Waals surface area contributed by atoms with Gasteiger partial charge in [-0.05, 0) is 66.6 Å². The van der Waals surface area contributed by atoms with Crippen molar-refractivity contribution in [2.45, 2.75) is 32.0 Å². The largest absolute Gasteiger partial charge is 0.497 e. The molecule has 3 aromatic rings. The molecular weight excluding hydrogens is 388 g/mol. The second-order valence-electron chi connectivity index (χ2n) is 7.80. The zero-order chi connectivity index (χ0) is 21.2. The highest BCUT2D eigenvalue weighted by atomic mass is 16.5. The van der Waals surface area contributed by atoms with Gasteiger partial charge in [0.15, 0.2) is 0 Å². The fourth-order valence-corrected chi connectivity index (χ4v) is 4.16. The van der Waals surface area contributed by atoms with Gasteiger partial charge in [0.1, 0.15) is 17.2 Å². The molecule has 2 unspecified atom stereocenters. The van der Waals surface area contributed by atoms with Crippen LogP contribution in [-0.4, -0.2) is 24.4 Å². The number of rotatable bonds is 6. The molecule has 0 spiro atoms. The summed E-state index contributed by atoms with van der Waals surface area (Å²) in [6.07, 6.45) is 1.54. The van der Waals surface area contributed by atoms with Crippen LogP contribution in [0.1, 0.15) is 48.7 Å². The number of fused-ring (bicyclic) bond motifs is 3. The van der Waals surface area contributed by atoms with Crippen LogP contribution in [0.5, 0.6) is 17.2 Å². The molecule has 0 radical (unpaired) electrons. The lowest BCUT2D eigenvalue weighted by molar-refractivity contribution is -0.0190. The molecule has 5 nitrogen and oxygen atoms in total. The van der Waals surface area contributed by atoms with E-state index in [-0.39, 0.29) is 12.3 Å². The Balaban J connectivity index is 1.48. The predicted molar refractivity (Wildman–Crippen MR) is 121 cm³/mol. The number of benzene rings is 3. The van der Waals surface area contributed by atoms with Gasteiger partial charge in [-0.3, -0.25) is 0 Å². The molecule has 0 N–H and O–H groups in total. The molecule has 158 valence electrons. The third-order valence-corrected chi connectivity index (χ3v) is 5.76. The van der Waals surface area contributed by atoms with Gasteiger partial charge in [-0.25, -0.2) is 5.01 Å². The minimum atomic E-state index is -0.282. The maximum Gasteiger partial charge on any atom is 0.213 e.